The highest BCUT2D eigenvalue weighted by atomic mass is 16.5. The molecule has 0 aliphatic rings. The van der Waals surface area contributed by atoms with E-state index in [0.717, 1.165) is 11.3 Å². The number of hydrogen-bond acceptors (Lipinski definition) is 4. The first kappa shape index (κ1) is 18.0. The molecular weight excluding hydrogens is 342 g/mol. The van der Waals surface area contributed by atoms with Gasteiger partial charge in [0.1, 0.15) is 17.3 Å². The van der Waals surface area contributed by atoms with Crippen LogP contribution in [0, 0.1) is 13.8 Å². The first-order chi connectivity index (χ1) is 13.1. The van der Waals surface area contributed by atoms with Crippen LogP contribution >= 0.6 is 0 Å². The first-order valence-electron chi connectivity index (χ1n) is 8.24. The number of nitrogens with zero attached hydrogens (tertiary/aromatic N) is 4. The third kappa shape index (κ3) is 4.42. The molecular formula is C20H17N5O2. The Hall–Kier alpha value is -3.83. The molecule has 0 fully saturated rings. The van der Waals surface area contributed by atoms with Crippen molar-refractivity contribution in [1.82, 2.24) is 4.98 Å². The fraction of sp³-hybridized carbons (Fsp3) is 0.100. The van der Waals surface area contributed by atoms with Gasteiger partial charge in [0, 0.05) is 16.3 Å². The van der Waals surface area contributed by atoms with E-state index in [1.807, 2.05) is 37.3 Å². The average Bonchev–Trinajstić information content (AvgIpc) is 2.67. The van der Waals surface area contributed by atoms with Gasteiger partial charge < -0.3 is 10.1 Å². The summed E-state index contributed by atoms with van der Waals surface area (Å²) in [5.74, 6) is 1.04. The second kappa shape index (κ2) is 8.03. The molecule has 0 saturated carbocycles. The van der Waals surface area contributed by atoms with Gasteiger partial charge in [-0.25, -0.2) is 0 Å². The summed E-state index contributed by atoms with van der Waals surface area (Å²) >= 11 is 0. The third-order valence-electron chi connectivity index (χ3n) is 3.92. The Morgan fingerprint density at radius 1 is 1.07 bits per heavy atom. The normalized spacial score (nSPS) is 10.0. The number of rotatable bonds is 5. The summed E-state index contributed by atoms with van der Waals surface area (Å²) in [4.78, 5) is 19.5. The van der Waals surface area contributed by atoms with Crippen LogP contribution in [0.4, 0.5) is 11.5 Å². The van der Waals surface area contributed by atoms with Crippen LogP contribution in [0.5, 0.6) is 11.5 Å². The van der Waals surface area contributed by atoms with Crippen molar-refractivity contribution in [2.45, 2.75) is 13.8 Å². The van der Waals surface area contributed by atoms with E-state index in [9.17, 15) is 4.79 Å². The van der Waals surface area contributed by atoms with Gasteiger partial charge in [0.05, 0.1) is 5.56 Å². The molecule has 0 aliphatic heterocycles. The summed E-state index contributed by atoms with van der Waals surface area (Å²) in [7, 11) is 0. The number of nitrogens with one attached hydrogen (secondary N) is 1. The summed E-state index contributed by atoms with van der Waals surface area (Å²) in [6.07, 6.45) is 0. The molecule has 0 saturated heterocycles. The maximum Gasteiger partial charge on any atom is 0.257 e. The van der Waals surface area contributed by atoms with E-state index in [-0.39, 0.29) is 11.4 Å². The molecule has 0 aliphatic carbocycles. The Kier molecular flexibility index (Phi) is 5.35. The predicted octanol–water partition coefficient (Wildman–Crippen LogP) is 5.68. The van der Waals surface area contributed by atoms with E-state index in [4.69, 9.17) is 10.3 Å². The molecule has 0 unspecified atom stereocenters. The third-order valence-corrected chi connectivity index (χ3v) is 3.92. The number of carbonyl (C=O) groups excluding carboxylic acids is 1. The van der Waals surface area contributed by atoms with Crippen LogP contribution < -0.4 is 10.1 Å². The molecule has 7 heteroatoms. The van der Waals surface area contributed by atoms with Crippen LogP contribution in [0.1, 0.15) is 21.6 Å². The topological polar surface area (TPSA) is 100.0 Å². The standard InChI is InChI=1S/C20H17N5O2/c1-13-12-18(19(24-25-21)22-14(13)2)20(26)23-15-8-10-17(11-9-15)27-16-6-4-3-5-7-16/h3-12H,1-2H3,(H,23,26). The number of benzene rings is 2. The van der Waals surface area contributed by atoms with Crippen molar-refractivity contribution in [3.8, 4) is 11.5 Å². The minimum Gasteiger partial charge on any atom is -0.457 e. The number of anilines is 1. The number of aryl methyl sites for hydroxylation is 2. The maximum atomic E-state index is 12.6. The number of azide groups is 1. The number of pyridine rings is 1. The SMILES string of the molecule is Cc1cc(C(=O)Nc2ccc(Oc3ccccc3)cc2)c(N=[N+]=[N-])nc1C. The van der Waals surface area contributed by atoms with E-state index in [1.54, 1.807) is 37.3 Å². The Balaban J connectivity index is 1.76. The fourth-order valence-electron chi connectivity index (χ4n) is 2.41. The molecule has 0 bridgehead atoms. The summed E-state index contributed by atoms with van der Waals surface area (Å²) < 4.78 is 5.73. The number of carbonyl (C=O) groups is 1. The molecule has 1 N–H and O–H groups in total. The van der Waals surface area contributed by atoms with E-state index < -0.39 is 5.91 Å². The average molecular weight is 359 g/mol. The Bertz CT molecular complexity index is 1010. The minimum atomic E-state index is -0.398. The molecule has 1 heterocycles. The van der Waals surface area contributed by atoms with Gasteiger partial charge >= 0.3 is 0 Å². The maximum absolute atomic E-state index is 12.6. The molecule has 0 radical (unpaired) electrons. The molecule has 3 rings (SSSR count). The molecule has 1 amide bonds. The van der Waals surface area contributed by atoms with Crippen molar-refractivity contribution in [3.05, 3.63) is 87.9 Å². The van der Waals surface area contributed by atoms with Gasteiger partial charge in [-0.15, -0.1) is 0 Å². The number of ether oxygens (including phenoxy) is 1. The Morgan fingerprint density at radius 3 is 2.41 bits per heavy atom. The zero-order valence-electron chi connectivity index (χ0n) is 14.9. The monoisotopic (exact) mass is 359 g/mol. The van der Waals surface area contributed by atoms with E-state index in [0.29, 0.717) is 17.1 Å². The summed E-state index contributed by atoms with van der Waals surface area (Å²) in [5.41, 5.74) is 11.1. The number of para-hydroxylation sites is 1. The van der Waals surface area contributed by atoms with Gasteiger partial charge in [0.25, 0.3) is 5.91 Å². The highest BCUT2D eigenvalue weighted by Crippen LogP contribution is 2.24. The van der Waals surface area contributed by atoms with Crippen molar-refractivity contribution in [3.63, 3.8) is 0 Å². The molecule has 134 valence electrons. The molecule has 3 aromatic rings. The molecule has 7 nitrogen and oxygen atoms in total. The zero-order valence-corrected chi connectivity index (χ0v) is 14.9. The lowest BCUT2D eigenvalue weighted by molar-refractivity contribution is 0.102. The minimum absolute atomic E-state index is 0.0575. The van der Waals surface area contributed by atoms with Crippen molar-refractivity contribution >= 4 is 17.4 Å². The second-order valence-corrected chi connectivity index (χ2v) is 5.84. The highest BCUT2D eigenvalue weighted by Gasteiger charge is 2.14. The number of aromatic nitrogens is 1. The summed E-state index contributed by atoms with van der Waals surface area (Å²) in [6, 6.07) is 18.1. The summed E-state index contributed by atoms with van der Waals surface area (Å²) in [6.45, 7) is 3.63. The van der Waals surface area contributed by atoms with Crippen LogP contribution in [-0.4, -0.2) is 10.9 Å². The lowest BCUT2D eigenvalue weighted by Crippen LogP contribution is -2.13. The largest absolute Gasteiger partial charge is 0.457 e. The van der Waals surface area contributed by atoms with Gasteiger partial charge in [0.2, 0.25) is 0 Å². The van der Waals surface area contributed by atoms with Gasteiger partial charge in [-0.2, -0.15) is 0 Å². The fourth-order valence-corrected chi connectivity index (χ4v) is 2.41. The van der Waals surface area contributed by atoms with Crippen molar-refractivity contribution < 1.29 is 9.53 Å². The first-order valence-corrected chi connectivity index (χ1v) is 8.24. The lowest BCUT2D eigenvalue weighted by Gasteiger charge is -2.10. The molecule has 0 atom stereocenters. The van der Waals surface area contributed by atoms with Crippen LogP contribution in [0.25, 0.3) is 10.4 Å². The van der Waals surface area contributed by atoms with Crippen LogP contribution in [0.2, 0.25) is 0 Å². The van der Waals surface area contributed by atoms with Gasteiger partial charge in [0.15, 0.2) is 0 Å². The van der Waals surface area contributed by atoms with Crippen molar-refractivity contribution in [2.75, 3.05) is 5.32 Å². The molecule has 2 aromatic carbocycles. The number of hydrogen-bond donors (Lipinski definition) is 1. The lowest BCUT2D eigenvalue weighted by atomic mass is 10.1. The van der Waals surface area contributed by atoms with Crippen LogP contribution in [0.15, 0.2) is 65.8 Å². The molecule has 1 aromatic heterocycles. The quantitative estimate of drug-likeness (QED) is 0.360. The van der Waals surface area contributed by atoms with Crippen LogP contribution in [0.3, 0.4) is 0 Å². The van der Waals surface area contributed by atoms with Gasteiger partial charge in [-0.05, 0) is 72.5 Å². The number of amides is 1. The van der Waals surface area contributed by atoms with E-state index in [1.165, 1.54) is 0 Å². The molecule has 27 heavy (non-hydrogen) atoms. The zero-order chi connectivity index (χ0) is 19.2. The highest BCUT2D eigenvalue weighted by molar-refractivity contribution is 6.07. The van der Waals surface area contributed by atoms with Crippen molar-refractivity contribution in [1.29, 1.82) is 0 Å². The Labute approximate surface area is 156 Å². The predicted molar refractivity (Wildman–Crippen MR) is 103 cm³/mol. The Morgan fingerprint density at radius 2 is 1.74 bits per heavy atom. The van der Waals surface area contributed by atoms with Gasteiger partial charge in [-0.1, -0.05) is 18.2 Å². The van der Waals surface area contributed by atoms with Crippen molar-refractivity contribution in [2.24, 2.45) is 5.11 Å². The second-order valence-electron chi connectivity index (χ2n) is 5.84. The van der Waals surface area contributed by atoms with Gasteiger partial charge in [-0.3, -0.25) is 9.78 Å². The van der Waals surface area contributed by atoms with E-state index >= 15 is 0 Å². The smallest absolute Gasteiger partial charge is 0.257 e. The molecule has 0 spiro atoms. The van der Waals surface area contributed by atoms with E-state index in [2.05, 4.69) is 20.3 Å². The summed E-state index contributed by atoms with van der Waals surface area (Å²) in [5, 5.41) is 6.30. The van der Waals surface area contributed by atoms with Crippen LogP contribution in [-0.2, 0) is 0 Å².